The summed E-state index contributed by atoms with van der Waals surface area (Å²) >= 11 is 0. The van der Waals surface area contributed by atoms with E-state index in [4.69, 9.17) is 4.74 Å². The molecule has 4 heteroatoms. The van der Waals surface area contributed by atoms with Crippen molar-refractivity contribution in [2.24, 2.45) is 11.8 Å². The standard InChI is InChI=1S/C14H29N3O/c1-3-4-15-10-12-9-13(12)14-11-17(6-5-16-14)7-8-18-2/h12-16H,3-11H2,1-2H3. The number of hydrogen-bond acceptors (Lipinski definition) is 4. The van der Waals surface area contributed by atoms with Crippen molar-refractivity contribution < 1.29 is 4.74 Å². The summed E-state index contributed by atoms with van der Waals surface area (Å²) in [7, 11) is 1.79. The molecule has 0 aromatic rings. The topological polar surface area (TPSA) is 36.5 Å². The lowest BCUT2D eigenvalue weighted by Crippen LogP contribution is -2.52. The minimum atomic E-state index is 0.712. The lowest BCUT2D eigenvalue weighted by Gasteiger charge is -2.34. The van der Waals surface area contributed by atoms with Gasteiger partial charge in [-0.2, -0.15) is 0 Å². The Morgan fingerprint density at radius 2 is 2.33 bits per heavy atom. The van der Waals surface area contributed by atoms with E-state index < -0.39 is 0 Å². The average Bonchev–Trinajstić information content (AvgIpc) is 3.17. The molecule has 1 aliphatic carbocycles. The van der Waals surface area contributed by atoms with Crippen molar-refractivity contribution in [2.75, 3.05) is 53.0 Å². The zero-order valence-corrected chi connectivity index (χ0v) is 12.0. The molecule has 1 saturated heterocycles. The van der Waals surface area contributed by atoms with Gasteiger partial charge in [-0.05, 0) is 37.8 Å². The highest BCUT2D eigenvalue weighted by Gasteiger charge is 2.43. The third kappa shape index (κ3) is 4.19. The van der Waals surface area contributed by atoms with Crippen LogP contribution in [0.3, 0.4) is 0 Å². The van der Waals surface area contributed by atoms with Crippen molar-refractivity contribution in [3.8, 4) is 0 Å². The van der Waals surface area contributed by atoms with Crippen LogP contribution < -0.4 is 10.6 Å². The van der Waals surface area contributed by atoms with E-state index in [1.54, 1.807) is 7.11 Å². The van der Waals surface area contributed by atoms with Crippen molar-refractivity contribution >= 4 is 0 Å². The Balaban J connectivity index is 1.64. The first-order chi connectivity index (χ1) is 8.85. The van der Waals surface area contributed by atoms with Crippen molar-refractivity contribution in [3.63, 3.8) is 0 Å². The van der Waals surface area contributed by atoms with Gasteiger partial charge in [-0.3, -0.25) is 4.90 Å². The first-order valence-corrected chi connectivity index (χ1v) is 7.50. The van der Waals surface area contributed by atoms with Crippen LogP contribution in [0, 0.1) is 11.8 Å². The number of methoxy groups -OCH3 is 1. The van der Waals surface area contributed by atoms with Crippen molar-refractivity contribution in [1.29, 1.82) is 0 Å². The molecule has 2 fully saturated rings. The molecule has 4 nitrogen and oxygen atoms in total. The molecule has 2 N–H and O–H groups in total. The van der Waals surface area contributed by atoms with Crippen LogP contribution in [0.4, 0.5) is 0 Å². The lowest BCUT2D eigenvalue weighted by molar-refractivity contribution is 0.121. The first-order valence-electron chi connectivity index (χ1n) is 7.50. The first kappa shape index (κ1) is 14.3. The van der Waals surface area contributed by atoms with Crippen LogP contribution in [0.2, 0.25) is 0 Å². The smallest absolute Gasteiger partial charge is 0.0589 e. The van der Waals surface area contributed by atoms with Gasteiger partial charge in [0.2, 0.25) is 0 Å². The fourth-order valence-electron chi connectivity index (χ4n) is 3.02. The molecule has 1 aliphatic heterocycles. The second kappa shape index (κ2) is 7.43. The summed E-state index contributed by atoms with van der Waals surface area (Å²) in [6, 6.07) is 0.712. The van der Waals surface area contributed by atoms with Gasteiger partial charge >= 0.3 is 0 Å². The number of nitrogens with zero attached hydrogens (tertiary/aromatic N) is 1. The van der Waals surface area contributed by atoms with E-state index in [1.807, 2.05) is 0 Å². The molecule has 2 rings (SSSR count). The lowest BCUT2D eigenvalue weighted by atomic mass is 10.1. The Morgan fingerprint density at radius 1 is 1.44 bits per heavy atom. The van der Waals surface area contributed by atoms with Crippen LogP contribution >= 0.6 is 0 Å². The van der Waals surface area contributed by atoms with Gasteiger partial charge in [0, 0.05) is 39.3 Å². The molecule has 0 bridgehead atoms. The summed E-state index contributed by atoms with van der Waals surface area (Å²) in [6.07, 6.45) is 2.65. The predicted octanol–water partition coefficient (Wildman–Crippen LogP) is 0.542. The Morgan fingerprint density at radius 3 is 3.11 bits per heavy atom. The zero-order valence-electron chi connectivity index (χ0n) is 12.0. The van der Waals surface area contributed by atoms with Crippen LogP contribution in [-0.2, 0) is 4.74 Å². The normalized spacial score (nSPS) is 32.7. The summed E-state index contributed by atoms with van der Waals surface area (Å²) < 4.78 is 5.17. The molecule has 0 spiro atoms. The van der Waals surface area contributed by atoms with E-state index in [-0.39, 0.29) is 0 Å². The van der Waals surface area contributed by atoms with Gasteiger partial charge in [0.25, 0.3) is 0 Å². The van der Waals surface area contributed by atoms with Gasteiger partial charge in [0.15, 0.2) is 0 Å². The maximum atomic E-state index is 5.17. The molecule has 1 heterocycles. The monoisotopic (exact) mass is 255 g/mol. The summed E-state index contributed by atoms with van der Waals surface area (Å²) in [5.41, 5.74) is 0. The molecule has 0 radical (unpaired) electrons. The Bertz CT molecular complexity index is 237. The summed E-state index contributed by atoms with van der Waals surface area (Å²) in [4.78, 5) is 2.54. The summed E-state index contributed by atoms with van der Waals surface area (Å²) in [6.45, 7) is 10.1. The molecule has 106 valence electrons. The molecule has 18 heavy (non-hydrogen) atoms. The van der Waals surface area contributed by atoms with Crippen LogP contribution in [-0.4, -0.2) is 63.9 Å². The zero-order chi connectivity index (χ0) is 12.8. The summed E-state index contributed by atoms with van der Waals surface area (Å²) in [5.74, 6) is 1.82. The fraction of sp³-hybridized carbons (Fsp3) is 1.00. The third-order valence-corrected chi connectivity index (χ3v) is 4.23. The Hall–Kier alpha value is -0.160. The molecule has 2 aliphatic rings. The Kier molecular flexibility index (Phi) is 5.89. The van der Waals surface area contributed by atoms with Crippen LogP contribution in [0.25, 0.3) is 0 Å². The predicted molar refractivity (Wildman–Crippen MR) is 74.9 cm³/mol. The largest absolute Gasteiger partial charge is 0.383 e. The highest BCUT2D eigenvalue weighted by atomic mass is 16.5. The fourth-order valence-corrected chi connectivity index (χ4v) is 3.02. The number of nitrogens with one attached hydrogen (secondary N) is 2. The molecule has 3 unspecified atom stereocenters. The summed E-state index contributed by atoms with van der Waals surface area (Å²) in [5, 5.41) is 7.25. The van der Waals surface area contributed by atoms with Crippen molar-refractivity contribution in [2.45, 2.75) is 25.8 Å². The van der Waals surface area contributed by atoms with Gasteiger partial charge in [0.05, 0.1) is 6.61 Å². The van der Waals surface area contributed by atoms with Crippen molar-refractivity contribution in [1.82, 2.24) is 15.5 Å². The number of piperazine rings is 1. The molecule has 1 saturated carbocycles. The van der Waals surface area contributed by atoms with E-state index in [1.165, 1.54) is 39.0 Å². The van der Waals surface area contributed by atoms with E-state index >= 15 is 0 Å². The number of ether oxygens (including phenoxy) is 1. The van der Waals surface area contributed by atoms with Gasteiger partial charge in [-0.25, -0.2) is 0 Å². The van der Waals surface area contributed by atoms with Gasteiger partial charge < -0.3 is 15.4 Å². The minimum Gasteiger partial charge on any atom is -0.383 e. The molecule has 0 aromatic carbocycles. The van der Waals surface area contributed by atoms with Crippen molar-refractivity contribution in [3.05, 3.63) is 0 Å². The van der Waals surface area contributed by atoms with E-state index in [0.717, 1.165) is 31.5 Å². The maximum absolute atomic E-state index is 5.17. The van der Waals surface area contributed by atoms with E-state index in [0.29, 0.717) is 6.04 Å². The molecule has 3 atom stereocenters. The number of hydrogen-bond donors (Lipinski definition) is 2. The minimum absolute atomic E-state index is 0.712. The quantitative estimate of drug-likeness (QED) is 0.621. The Labute approximate surface area is 111 Å². The maximum Gasteiger partial charge on any atom is 0.0589 e. The molecular weight excluding hydrogens is 226 g/mol. The second-order valence-electron chi connectivity index (χ2n) is 5.72. The van der Waals surface area contributed by atoms with Crippen LogP contribution in [0.1, 0.15) is 19.8 Å². The highest BCUT2D eigenvalue weighted by Crippen LogP contribution is 2.41. The molecular formula is C14H29N3O. The highest BCUT2D eigenvalue weighted by molar-refractivity contribution is 4.98. The van der Waals surface area contributed by atoms with E-state index in [9.17, 15) is 0 Å². The average molecular weight is 255 g/mol. The van der Waals surface area contributed by atoms with Gasteiger partial charge in [-0.1, -0.05) is 6.92 Å². The molecule has 0 amide bonds. The van der Waals surface area contributed by atoms with Gasteiger partial charge in [-0.15, -0.1) is 0 Å². The van der Waals surface area contributed by atoms with E-state index in [2.05, 4.69) is 22.5 Å². The SMILES string of the molecule is CCCNCC1CC1C1CN(CCOC)CCN1. The second-order valence-corrected chi connectivity index (χ2v) is 5.72. The number of rotatable bonds is 8. The van der Waals surface area contributed by atoms with Gasteiger partial charge in [0.1, 0.15) is 0 Å². The third-order valence-electron chi connectivity index (χ3n) is 4.23. The van der Waals surface area contributed by atoms with Crippen LogP contribution in [0.5, 0.6) is 0 Å². The van der Waals surface area contributed by atoms with Crippen LogP contribution in [0.15, 0.2) is 0 Å². The molecule has 0 aromatic heterocycles.